The summed E-state index contributed by atoms with van der Waals surface area (Å²) in [4.78, 5) is 0. The zero-order chi connectivity index (χ0) is 12.8. The molecule has 2 aromatic heterocycles. The molecule has 0 saturated carbocycles. The molecule has 0 aliphatic heterocycles. The van der Waals surface area contributed by atoms with Crippen LogP contribution in [0.2, 0.25) is 0 Å². The van der Waals surface area contributed by atoms with E-state index in [1.165, 1.54) is 0 Å². The normalized spacial score (nSPS) is 10.2. The highest BCUT2D eigenvalue weighted by Gasteiger charge is 2.00. The highest BCUT2D eigenvalue weighted by Crippen LogP contribution is 2.06. The Kier molecular flexibility index (Phi) is 6.38. The van der Waals surface area contributed by atoms with Crippen molar-refractivity contribution in [2.75, 3.05) is 11.9 Å². The van der Waals surface area contributed by atoms with Crippen LogP contribution in [0.5, 0.6) is 0 Å². The van der Waals surface area contributed by atoms with Crippen molar-refractivity contribution in [3.63, 3.8) is 0 Å². The number of hydrogen-bond acceptors (Lipinski definition) is 4. The van der Waals surface area contributed by atoms with Crippen LogP contribution in [-0.4, -0.2) is 31.3 Å². The minimum absolute atomic E-state index is 0. The van der Waals surface area contributed by atoms with Crippen LogP contribution in [0.25, 0.3) is 0 Å². The molecule has 0 unspecified atom stereocenters. The van der Waals surface area contributed by atoms with Crippen molar-refractivity contribution in [3.8, 4) is 0 Å². The molecule has 0 aliphatic carbocycles. The molecule has 7 heteroatoms. The van der Waals surface area contributed by atoms with Gasteiger partial charge in [0.2, 0.25) is 0 Å². The minimum Gasteiger partial charge on any atom is -0.394 e. The van der Waals surface area contributed by atoms with Gasteiger partial charge >= 0.3 is 0 Å². The molecule has 2 heterocycles. The third-order valence-electron chi connectivity index (χ3n) is 2.58. The van der Waals surface area contributed by atoms with E-state index in [4.69, 9.17) is 5.11 Å². The molecule has 2 rings (SSSR count). The van der Waals surface area contributed by atoms with Crippen LogP contribution in [0.3, 0.4) is 0 Å². The molecule has 106 valence electrons. The number of rotatable bonds is 7. The first kappa shape index (κ1) is 15.5. The second-order valence-corrected chi connectivity index (χ2v) is 4.15. The summed E-state index contributed by atoms with van der Waals surface area (Å²) in [5.41, 5.74) is 1.14. The van der Waals surface area contributed by atoms with E-state index < -0.39 is 0 Å². The third-order valence-corrected chi connectivity index (χ3v) is 2.58. The third kappa shape index (κ3) is 4.57. The number of aliphatic hydroxyl groups excluding tert-OH is 1. The highest BCUT2D eigenvalue weighted by atomic mass is 35.5. The van der Waals surface area contributed by atoms with Gasteiger partial charge in [-0.15, -0.1) is 12.4 Å². The van der Waals surface area contributed by atoms with Crippen molar-refractivity contribution in [3.05, 3.63) is 30.2 Å². The number of halogens is 1. The van der Waals surface area contributed by atoms with Crippen molar-refractivity contribution in [2.45, 2.75) is 33.0 Å². The Morgan fingerprint density at radius 3 is 2.89 bits per heavy atom. The van der Waals surface area contributed by atoms with Gasteiger partial charge in [0.25, 0.3) is 0 Å². The molecule has 0 bridgehead atoms. The van der Waals surface area contributed by atoms with Crippen molar-refractivity contribution in [1.29, 1.82) is 0 Å². The predicted molar refractivity (Wildman–Crippen MR) is 76.4 cm³/mol. The van der Waals surface area contributed by atoms with E-state index >= 15 is 0 Å². The molecule has 0 amide bonds. The zero-order valence-electron chi connectivity index (χ0n) is 11.0. The largest absolute Gasteiger partial charge is 0.394 e. The van der Waals surface area contributed by atoms with E-state index in [0.717, 1.165) is 24.3 Å². The summed E-state index contributed by atoms with van der Waals surface area (Å²) in [6.45, 7) is 4.42. The summed E-state index contributed by atoms with van der Waals surface area (Å²) in [6.07, 6.45) is 6.84. The highest BCUT2D eigenvalue weighted by molar-refractivity contribution is 5.85. The summed E-state index contributed by atoms with van der Waals surface area (Å²) >= 11 is 0. The number of aliphatic hydroxyl groups is 1. The monoisotopic (exact) mass is 285 g/mol. The van der Waals surface area contributed by atoms with Gasteiger partial charge in [0.15, 0.2) is 0 Å². The minimum atomic E-state index is 0. The first-order chi connectivity index (χ1) is 8.81. The summed E-state index contributed by atoms with van der Waals surface area (Å²) in [7, 11) is 0. The summed E-state index contributed by atoms with van der Waals surface area (Å²) in [5.74, 6) is 0.812. The van der Waals surface area contributed by atoms with Gasteiger partial charge in [-0.1, -0.05) is 6.92 Å². The summed E-state index contributed by atoms with van der Waals surface area (Å²) in [6, 6.07) is 1.89. The first-order valence-electron chi connectivity index (χ1n) is 6.21. The Morgan fingerprint density at radius 2 is 2.16 bits per heavy atom. The molecule has 2 aromatic rings. The molecule has 0 saturated heterocycles. The molecule has 0 aromatic carbocycles. The first-order valence-corrected chi connectivity index (χ1v) is 6.21. The smallest absolute Gasteiger partial charge is 0.148 e. The number of aryl methyl sites for hydroxylation is 1. The molecule has 0 atom stereocenters. The van der Waals surface area contributed by atoms with Crippen molar-refractivity contribution >= 4 is 18.2 Å². The molecule has 0 radical (unpaired) electrons. The van der Waals surface area contributed by atoms with E-state index in [1.807, 2.05) is 29.3 Å². The van der Waals surface area contributed by atoms with Crippen LogP contribution in [0.1, 0.15) is 18.9 Å². The van der Waals surface area contributed by atoms with Crippen LogP contribution in [0, 0.1) is 0 Å². The molecule has 0 spiro atoms. The average molecular weight is 286 g/mol. The van der Waals surface area contributed by atoms with Crippen LogP contribution < -0.4 is 5.32 Å². The lowest BCUT2D eigenvalue weighted by molar-refractivity contribution is 0.269. The Labute approximate surface area is 118 Å². The second kappa shape index (κ2) is 7.81. The lowest BCUT2D eigenvalue weighted by atomic mass is 10.3. The molecule has 6 nitrogen and oxygen atoms in total. The quantitative estimate of drug-likeness (QED) is 0.809. The number of nitrogens with one attached hydrogen (secondary N) is 1. The van der Waals surface area contributed by atoms with Crippen molar-refractivity contribution < 1.29 is 5.11 Å². The molecule has 0 aliphatic rings. The molecule has 19 heavy (non-hydrogen) atoms. The predicted octanol–water partition coefficient (Wildman–Crippen LogP) is 1.52. The molecular formula is C12H20ClN5O. The van der Waals surface area contributed by atoms with Gasteiger partial charge in [-0.25, -0.2) is 0 Å². The molecule has 2 N–H and O–H groups in total. The van der Waals surface area contributed by atoms with Gasteiger partial charge in [-0.2, -0.15) is 10.2 Å². The summed E-state index contributed by atoms with van der Waals surface area (Å²) < 4.78 is 3.66. The van der Waals surface area contributed by atoms with E-state index in [9.17, 15) is 0 Å². The second-order valence-electron chi connectivity index (χ2n) is 4.15. The maximum absolute atomic E-state index is 8.80. The lowest BCUT2D eigenvalue weighted by Gasteiger charge is -2.00. The molecule has 0 fully saturated rings. The average Bonchev–Trinajstić information content (AvgIpc) is 2.97. The maximum Gasteiger partial charge on any atom is 0.148 e. The fraction of sp³-hybridized carbons (Fsp3) is 0.500. The van der Waals surface area contributed by atoms with Crippen LogP contribution in [0.15, 0.2) is 24.7 Å². The fourth-order valence-electron chi connectivity index (χ4n) is 1.72. The number of aromatic nitrogens is 4. The van der Waals surface area contributed by atoms with E-state index in [-0.39, 0.29) is 19.0 Å². The lowest BCUT2D eigenvalue weighted by Crippen LogP contribution is -2.04. The Bertz CT molecular complexity index is 438. The SMILES string of the molecule is CCCn1cc(CNc2ccn(CCO)n2)cn1.Cl. The van der Waals surface area contributed by atoms with Crippen LogP contribution in [0.4, 0.5) is 5.82 Å². The Balaban J connectivity index is 0.00000180. The van der Waals surface area contributed by atoms with Gasteiger partial charge in [-0.05, 0) is 6.42 Å². The van der Waals surface area contributed by atoms with Crippen LogP contribution >= 0.6 is 12.4 Å². The Hall–Kier alpha value is -1.53. The van der Waals surface area contributed by atoms with Crippen molar-refractivity contribution in [2.24, 2.45) is 0 Å². The van der Waals surface area contributed by atoms with Gasteiger partial charge < -0.3 is 10.4 Å². The van der Waals surface area contributed by atoms with E-state index in [0.29, 0.717) is 13.1 Å². The maximum atomic E-state index is 8.80. The number of hydrogen-bond donors (Lipinski definition) is 2. The number of nitrogens with zero attached hydrogens (tertiary/aromatic N) is 4. The van der Waals surface area contributed by atoms with Crippen LogP contribution in [-0.2, 0) is 19.6 Å². The number of anilines is 1. The standard InChI is InChI=1S/C12H19N5O.ClH/c1-2-4-17-10-11(9-14-17)8-13-12-3-5-16(15-12)6-7-18;/h3,5,9-10,18H,2,4,6-8H2,1H3,(H,13,15);1H. The molecular weight excluding hydrogens is 266 g/mol. The topological polar surface area (TPSA) is 67.9 Å². The van der Waals surface area contributed by atoms with Gasteiger partial charge in [0.05, 0.1) is 19.3 Å². The van der Waals surface area contributed by atoms with E-state index in [1.54, 1.807) is 4.68 Å². The van der Waals surface area contributed by atoms with Crippen molar-refractivity contribution in [1.82, 2.24) is 19.6 Å². The van der Waals surface area contributed by atoms with Gasteiger partial charge in [-0.3, -0.25) is 9.36 Å². The zero-order valence-corrected chi connectivity index (χ0v) is 11.8. The van der Waals surface area contributed by atoms with E-state index in [2.05, 4.69) is 22.4 Å². The Morgan fingerprint density at radius 1 is 1.32 bits per heavy atom. The summed E-state index contributed by atoms with van der Waals surface area (Å²) in [5, 5.41) is 20.6. The van der Waals surface area contributed by atoms with Gasteiger partial charge in [0, 0.05) is 37.1 Å². The fourth-order valence-corrected chi connectivity index (χ4v) is 1.72. The van der Waals surface area contributed by atoms with Gasteiger partial charge in [0.1, 0.15) is 5.82 Å².